The largest absolute Gasteiger partial charge is 0.371 e. The van der Waals surface area contributed by atoms with E-state index in [1.54, 1.807) is 11.3 Å². The maximum atomic E-state index is 5.99. The Morgan fingerprint density at radius 1 is 1.46 bits per heavy atom. The number of nitrogens with one attached hydrogen (secondary N) is 1. The van der Waals surface area contributed by atoms with E-state index in [-0.39, 0.29) is 30.1 Å². The molecule has 0 spiro atoms. The van der Waals surface area contributed by atoms with Crippen LogP contribution in [0.1, 0.15) is 43.5 Å². The van der Waals surface area contributed by atoms with Gasteiger partial charge in [-0.25, -0.2) is 4.99 Å². The van der Waals surface area contributed by atoms with Crippen LogP contribution in [0.5, 0.6) is 0 Å². The van der Waals surface area contributed by atoms with E-state index < -0.39 is 0 Å². The molecule has 26 heavy (non-hydrogen) atoms. The molecule has 0 saturated heterocycles. The SMILES string of the molecule is CCNC(=NCc1nc(C(C)OCC)no1)N(C)Cc1ccc(Cl)s1.I. The molecule has 0 amide bonds. The minimum Gasteiger partial charge on any atom is -0.371 e. The summed E-state index contributed by atoms with van der Waals surface area (Å²) in [6.07, 6.45) is -0.189. The van der Waals surface area contributed by atoms with Crippen molar-refractivity contribution in [1.82, 2.24) is 20.4 Å². The molecule has 10 heteroatoms. The molecule has 2 heterocycles. The van der Waals surface area contributed by atoms with Gasteiger partial charge in [-0.15, -0.1) is 35.3 Å². The van der Waals surface area contributed by atoms with Gasteiger partial charge in [0.05, 0.1) is 10.9 Å². The summed E-state index contributed by atoms with van der Waals surface area (Å²) in [4.78, 5) is 12.1. The quantitative estimate of drug-likeness (QED) is 0.325. The highest BCUT2D eigenvalue weighted by molar-refractivity contribution is 14.0. The van der Waals surface area contributed by atoms with Gasteiger partial charge in [0.25, 0.3) is 0 Å². The molecule has 1 N–H and O–H groups in total. The van der Waals surface area contributed by atoms with Crippen LogP contribution in [0.4, 0.5) is 0 Å². The average Bonchev–Trinajstić information content (AvgIpc) is 3.20. The first-order valence-corrected chi connectivity index (χ1v) is 9.40. The van der Waals surface area contributed by atoms with Crippen molar-refractivity contribution in [1.29, 1.82) is 0 Å². The van der Waals surface area contributed by atoms with Gasteiger partial charge in [0.1, 0.15) is 12.6 Å². The van der Waals surface area contributed by atoms with Crippen molar-refractivity contribution in [2.75, 3.05) is 20.2 Å². The Bertz CT molecular complexity index is 694. The van der Waals surface area contributed by atoms with Gasteiger partial charge in [-0.3, -0.25) is 0 Å². The molecule has 1 atom stereocenters. The summed E-state index contributed by atoms with van der Waals surface area (Å²) in [5, 5.41) is 7.21. The number of guanidine groups is 1. The van der Waals surface area contributed by atoms with E-state index in [2.05, 4.69) is 20.4 Å². The molecule has 0 radical (unpaired) electrons. The van der Waals surface area contributed by atoms with Crippen molar-refractivity contribution in [3.05, 3.63) is 33.1 Å². The molecule has 7 nitrogen and oxygen atoms in total. The number of hydrogen-bond acceptors (Lipinski definition) is 6. The van der Waals surface area contributed by atoms with Crippen molar-refractivity contribution < 1.29 is 9.26 Å². The molecule has 0 aliphatic carbocycles. The zero-order valence-corrected chi connectivity index (χ0v) is 19.3. The Labute approximate surface area is 180 Å². The van der Waals surface area contributed by atoms with E-state index in [0.29, 0.717) is 24.9 Å². The van der Waals surface area contributed by atoms with Crippen LogP contribution in [0.2, 0.25) is 4.34 Å². The van der Waals surface area contributed by atoms with Crippen LogP contribution in [0.25, 0.3) is 0 Å². The van der Waals surface area contributed by atoms with Crippen molar-refractivity contribution in [2.24, 2.45) is 4.99 Å². The molecule has 0 fully saturated rings. The molecule has 0 aliphatic rings. The second kappa shape index (κ2) is 11.7. The third kappa shape index (κ3) is 7.01. The van der Waals surface area contributed by atoms with E-state index in [0.717, 1.165) is 23.4 Å². The second-order valence-electron chi connectivity index (χ2n) is 5.38. The number of thiophene rings is 1. The van der Waals surface area contributed by atoms with Crippen LogP contribution >= 0.6 is 46.9 Å². The molecular formula is C16H25ClIN5O2S. The number of ether oxygens (including phenoxy) is 1. The monoisotopic (exact) mass is 513 g/mol. The van der Waals surface area contributed by atoms with Crippen LogP contribution in [0.3, 0.4) is 0 Å². The number of nitrogens with zero attached hydrogens (tertiary/aromatic N) is 4. The summed E-state index contributed by atoms with van der Waals surface area (Å²) >= 11 is 7.56. The van der Waals surface area contributed by atoms with Crippen LogP contribution in [0, 0.1) is 0 Å². The molecule has 2 aromatic rings. The van der Waals surface area contributed by atoms with Gasteiger partial charge in [0.15, 0.2) is 11.8 Å². The van der Waals surface area contributed by atoms with E-state index in [1.807, 2.05) is 44.9 Å². The summed E-state index contributed by atoms with van der Waals surface area (Å²) < 4.78 is 11.5. The molecule has 0 aliphatic heterocycles. The van der Waals surface area contributed by atoms with Crippen molar-refractivity contribution in [2.45, 2.75) is 40.0 Å². The van der Waals surface area contributed by atoms with Crippen LogP contribution in [-0.4, -0.2) is 41.2 Å². The smallest absolute Gasteiger partial charge is 0.248 e. The lowest BCUT2D eigenvalue weighted by Crippen LogP contribution is -2.38. The van der Waals surface area contributed by atoms with Gasteiger partial charge in [-0.2, -0.15) is 4.98 Å². The van der Waals surface area contributed by atoms with Crippen LogP contribution < -0.4 is 5.32 Å². The lowest BCUT2D eigenvalue weighted by Gasteiger charge is -2.21. The molecule has 1 unspecified atom stereocenters. The Kier molecular flexibility index (Phi) is 10.4. The molecule has 0 aromatic carbocycles. The lowest BCUT2D eigenvalue weighted by molar-refractivity contribution is 0.0683. The molecule has 0 bridgehead atoms. The maximum Gasteiger partial charge on any atom is 0.248 e. The van der Waals surface area contributed by atoms with Gasteiger partial charge in [-0.05, 0) is 32.9 Å². The second-order valence-corrected chi connectivity index (χ2v) is 7.18. The summed E-state index contributed by atoms with van der Waals surface area (Å²) in [5.74, 6) is 1.77. The fourth-order valence-corrected chi connectivity index (χ4v) is 3.32. The highest BCUT2D eigenvalue weighted by Gasteiger charge is 2.14. The lowest BCUT2D eigenvalue weighted by atomic mass is 10.4. The summed E-state index contributed by atoms with van der Waals surface area (Å²) in [6, 6.07) is 3.92. The van der Waals surface area contributed by atoms with Gasteiger partial charge >= 0.3 is 0 Å². The van der Waals surface area contributed by atoms with E-state index in [9.17, 15) is 0 Å². The topological polar surface area (TPSA) is 75.8 Å². The number of halogens is 2. The number of hydrogen-bond donors (Lipinski definition) is 1. The summed E-state index contributed by atoms with van der Waals surface area (Å²) in [6.45, 7) is 8.26. The highest BCUT2D eigenvalue weighted by atomic mass is 127. The Balaban J connectivity index is 0.00000338. The first-order valence-electron chi connectivity index (χ1n) is 8.21. The summed E-state index contributed by atoms with van der Waals surface area (Å²) in [5.41, 5.74) is 0. The molecule has 2 rings (SSSR count). The molecule has 2 aromatic heterocycles. The van der Waals surface area contributed by atoms with Gasteiger partial charge < -0.3 is 19.5 Å². The van der Waals surface area contributed by atoms with Gasteiger partial charge in [0.2, 0.25) is 5.89 Å². The van der Waals surface area contributed by atoms with E-state index >= 15 is 0 Å². The first kappa shape index (κ1) is 23.1. The molecular weight excluding hydrogens is 489 g/mol. The Morgan fingerprint density at radius 3 is 2.85 bits per heavy atom. The number of rotatable bonds is 8. The normalized spacial score (nSPS) is 12.6. The van der Waals surface area contributed by atoms with Gasteiger partial charge in [0, 0.05) is 25.1 Å². The third-order valence-corrected chi connectivity index (χ3v) is 4.56. The number of aromatic nitrogens is 2. The standard InChI is InChI=1S/C16H24ClN5O2S.HI/c1-5-18-16(22(4)10-12-7-8-13(17)25-12)19-9-14-20-15(21-24-14)11(3)23-6-2;/h7-8,11H,5-6,9-10H2,1-4H3,(H,18,19);1H. The van der Waals surface area contributed by atoms with Gasteiger partial charge in [-0.1, -0.05) is 16.8 Å². The minimum atomic E-state index is -0.189. The Morgan fingerprint density at radius 2 is 2.23 bits per heavy atom. The summed E-state index contributed by atoms with van der Waals surface area (Å²) in [7, 11) is 1.98. The zero-order valence-electron chi connectivity index (χ0n) is 15.4. The zero-order chi connectivity index (χ0) is 18.2. The van der Waals surface area contributed by atoms with Crippen LogP contribution in [0.15, 0.2) is 21.6 Å². The predicted molar refractivity (Wildman–Crippen MR) is 115 cm³/mol. The van der Waals surface area contributed by atoms with E-state index in [4.69, 9.17) is 20.9 Å². The third-order valence-electron chi connectivity index (χ3n) is 3.35. The number of aliphatic imine (C=N–C) groups is 1. The van der Waals surface area contributed by atoms with Crippen molar-refractivity contribution in [3.8, 4) is 0 Å². The average molecular weight is 514 g/mol. The first-order chi connectivity index (χ1) is 12.0. The van der Waals surface area contributed by atoms with E-state index in [1.165, 1.54) is 4.88 Å². The molecule has 146 valence electrons. The highest BCUT2D eigenvalue weighted by Crippen LogP contribution is 2.22. The van der Waals surface area contributed by atoms with Crippen molar-refractivity contribution in [3.63, 3.8) is 0 Å². The van der Waals surface area contributed by atoms with Crippen LogP contribution in [-0.2, 0) is 17.8 Å². The van der Waals surface area contributed by atoms with Crippen molar-refractivity contribution >= 4 is 52.9 Å². The minimum absolute atomic E-state index is 0. The molecule has 0 saturated carbocycles. The maximum absolute atomic E-state index is 5.99. The fourth-order valence-electron chi connectivity index (χ4n) is 2.18. The predicted octanol–water partition coefficient (Wildman–Crippen LogP) is 4.10. The fraction of sp³-hybridized carbons (Fsp3) is 0.562. The Hall–Kier alpha value is -0.910.